The lowest BCUT2D eigenvalue weighted by Crippen LogP contribution is -2.24. The van der Waals surface area contributed by atoms with Gasteiger partial charge in [0.15, 0.2) is 0 Å². The molecule has 0 radical (unpaired) electrons. The fourth-order valence-electron chi connectivity index (χ4n) is 3.54. The van der Waals surface area contributed by atoms with Crippen LogP contribution in [0.3, 0.4) is 0 Å². The molecule has 6 nitrogen and oxygen atoms in total. The summed E-state index contributed by atoms with van der Waals surface area (Å²) in [7, 11) is 0. The van der Waals surface area contributed by atoms with Gasteiger partial charge in [0.25, 0.3) is 0 Å². The third-order valence-electron chi connectivity index (χ3n) is 5.78. The minimum atomic E-state index is -4.72. The second-order valence-electron chi connectivity index (χ2n) is 9.40. The van der Waals surface area contributed by atoms with Crippen molar-refractivity contribution in [1.29, 1.82) is 0 Å². The number of halogens is 3. The first-order valence-electron chi connectivity index (χ1n) is 14.5. The molecule has 0 atom stereocenters. The normalized spacial score (nSPS) is 12.6. The minimum Gasteiger partial charge on any atom is -0.478 e. The van der Waals surface area contributed by atoms with Gasteiger partial charge in [0, 0.05) is 19.4 Å². The summed E-state index contributed by atoms with van der Waals surface area (Å²) in [6.45, 7) is 2.30. The van der Waals surface area contributed by atoms with Gasteiger partial charge in [-0.1, -0.05) is 79.8 Å². The van der Waals surface area contributed by atoms with Crippen LogP contribution in [0.5, 0.6) is 5.75 Å². The van der Waals surface area contributed by atoms with Gasteiger partial charge in [-0.3, -0.25) is 9.59 Å². The van der Waals surface area contributed by atoms with E-state index in [1.165, 1.54) is 0 Å². The predicted octanol–water partition coefficient (Wildman–Crippen LogP) is 8.68. The van der Waals surface area contributed by atoms with Crippen LogP contribution in [0.1, 0.15) is 87.1 Å². The summed E-state index contributed by atoms with van der Waals surface area (Å²) in [5, 5.41) is 11.8. The molecule has 1 aromatic rings. The Morgan fingerprint density at radius 3 is 1.79 bits per heavy atom. The molecule has 0 aliphatic heterocycles. The summed E-state index contributed by atoms with van der Waals surface area (Å²) in [4.78, 5) is 35.2. The molecule has 0 aromatic heterocycles. The SMILES string of the molecule is CC/C=C\C/C=C\C/C=C\C/C=C\C/C=C\C/C=C\CCC(=O)NCCCC(=O)Oc1cc(C(F)(F)F)ccc1C(=O)O. The van der Waals surface area contributed by atoms with Crippen molar-refractivity contribution < 1.29 is 37.4 Å². The van der Waals surface area contributed by atoms with E-state index in [4.69, 9.17) is 9.84 Å². The van der Waals surface area contributed by atoms with Gasteiger partial charge >= 0.3 is 18.1 Å². The maximum absolute atomic E-state index is 12.9. The van der Waals surface area contributed by atoms with Crippen LogP contribution in [0.2, 0.25) is 0 Å². The fourth-order valence-corrected chi connectivity index (χ4v) is 3.54. The van der Waals surface area contributed by atoms with Crippen molar-refractivity contribution in [3.8, 4) is 5.75 Å². The van der Waals surface area contributed by atoms with Crippen molar-refractivity contribution in [3.05, 3.63) is 102 Å². The van der Waals surface area contributed by atoms with Crippen LogP contribution in [-0.2, 0) is 15.8 Å². The van der Waals surface area contributed by atoms with Crippen LogP contribution in [0.25, 0.3) is 0 Å². The third kappa shape index (κ3) is 18.8. The molecule has 0 saturated carbocycles. The van der Waals surface area contributed by atoms with E-state index in [0.29, 0.717) is 18.6 Å². The number of carbonyl (C=O) groups excluding carboxylic acids is 2. The van der Waals surface area contributed by atoms with Crippen molar-refractivity contribution in [2.24, 2.45) is 0 Å². The first-order valence-corrected chi connectivity index (χ1v) is 14.5. The molecule has 0 fully saturated rings. The highest BCUT2D eigenvalue weighted by Crippen LogP contribution is 2.33. The number of ether oxygens (including phenoxy) is 1. The van der Waals surface area contributed by atoms with Gasteiger partial charge in [-0.15, -0.1) is 0 Å². The van der Waals surface area contributed by atoms with E-state index in [9.17, 15) is 27.6 Å². The molecule has 0 bridgehead atoms. The maximum atomic E-state index is 12.9. The molecule has 0 aliphatic rings. The molecule has 43 heavy (non-hydrogen) atoms. The van der Waals surface area contributed by atoms with E-state index in [-0.39, 0.29) is 31.7 Å². The first kappa shape index (κ1) is 36.9. The zero-order valence-corrected chi connectivity index (χ0v) is 24.7. The van der Waals surface area contributed by atoms with Crippen LogP contribution in [0, 0.1) is 0 Å². The average Bonchev–Trinajstić information content (AvgIpc) is 2.96. The number of hydrogen-bond acceptors (Lipinski definition) is 4. The lowest BCUT2D eigenvalue weighted by molar-refractivity contribution is -0.139. The number of esters is 1. The quantitative estimate of drug-likeness (QED) is 0.0675. The Kier molecular flexibility index (Phi) is 19.3. The van der Waals surface area contributed by atoms with E-state index < -0.39 is 35.0 Å². The fraction of sp³-hybridized carbons (Fsp3) is 0.382. The molecule has 9 heteroatoms. The van der Waals surface area contributed by atoms with E-state index in [2.05, 4.69) is 73.0 Å². The summed E-state index contributed by atoms with van der Waals surface area (Å²) >= 11 is 0. The number of allylic oxidation sites excluding steroid dienone is 12. The highest BCUT2D eigenvalue weighted by Gasteiger charge is 2.32. The Morgan fingerprint density at radius 1 is 0.791 bits per heavy atom. The standard InChI is InChI=1S/C34H42F3NO5/c1-2-3-4-5-6-7-8-9-10-11-12-13-14-15-16-17-18-19-20-22-31(39)38-26-21-23-32(40)43-30-27-28(34(35,36)37)24-25-29(30)33(41)42/h3-4,6-7,9-10,12-13,15-16,18-19,24-25,27H,2,5,8,11,14,17,20-23,26H2,1H3,(H,38,39)(H,41,42)/b4-3-,7-6-,10-9-,13-12-,16-15-,19-18-. The predicted molar refractivity (Wildman–Crippen MR) is 164 cm³/mol. The van der Waals surface area contributed by atoms with Gasteiger partial charge in [0.05, 0.1) is 5.56 Å². The number of nitrogens with one attached hydrogen (secondary N) is 1. The number of carboxylic acid groups (broad SMARTS) is 1. The summed E-state index contributed by atoms with van der Waals surface area (Å²) in [6.07, 6.45) is 27.0. The van der Waals surface area contributed by atoms with Crippen molar-refractivity contribution >= 4 is 17.8 Å². The Labute approximate surface area is 252 Å². The molecule has 0 spiro atoms. The van der Waals surface area contributed by atoms with Gasteiger partial charge < -0.3 is 15.2 Å². The molecule has 234 valence electrons. The number of aromatic carboxylic acids is 1. The van der Waals surface area contributed by atoms with Crippen LogP contribution in [0.4, 0.5) is 13.2 Å². The van der Waals surface area contributed by atoms with Gasteiger partial charge in [0.1, 0.15) is 11.3 Å². The molecule has 0 aliphatic carbocycles. The molecule has 2 N–H and O–H groups in total. The van der Waals surface area contributed by atoms with Crippen LogP contribution >= 0.6 is 0 Å². The summed E-state index contributed by atoms with van der Waals surface area (Å²) in [6, 6.07) is 1.83. The average molecular weight is 602 g/mol. The lowest BCUT2D eigenvalue weighted by Gasteiger charge is -2.12. The van der Waals surface area contributed by atoms with Gasteiger partial charge in [-0.05, 0) is 69.6 Å². The summed E-state index contributed by atoms with van der Waals surface area (Å²) in [5.41, 5.74) is -1.68. The van der Waals surface area contributed by atoms with Crippen LogP contribution in [-0.4, -0.2) is 29.5 Å². The number of alkyl halides is 3. The second kappa shape index (κ2) is 22.5. The molecule has 1 amide bonds. The number of rotatable bonds is 20. The van der Waals surface area contributed by atoms with Gasteiger partial charge in [0.2, 0.25) is 5.91 Å². The summed E-state index contributed by atoms with van der Waals surface area (Å²) in [5.74, 6) is -3.28. The lowest BCUT2D eigenvalue weighted by atomic mass is 10.1. The molecule has 0 saturated heterocycles. The first-order chi connectivity index (χ1) is 20.6. The van der Waals surface area contributed by atoms with E-state index in [1.807, 2.05) is 12.2 Å². The highest BCUT2D eigenvalue weighted by molar-refractivity contribution is 5.92. The Balaban J connectivity index is 2.16. The third-order valence-corrected chi connectivity index (χ3v) is 5.78. The number of hydrogen-bond donors (Lipinski definition) is 2. The number of benzene rings is 1. The highest BCUT2D eigenvalue weighted by atomic mass is 19.4. The topological polar surface area (TPSA) is 92.7 Å². The molecular weight excluding hydrogens is 559 g/mol. The van der Waals surface area contributed by atoms with Crippen molar-refractivity contribution in [2.75, 3.05) is 6.54 Å². The van der Waals surface area contributed by atoms with E-state index >= 15 is 0 Å². The molecule has 1 rings (SSSR count). The minimum absolute atomic E-state index is 0.173. The molecular formula is C34H42F3NO5. The van der Waals surface area contributed by atoms with E-state index in [1.54, 1.807) is 0 Å². The second-order valence-corrected chi connectivity index (χ2v) is 9.40. The van der Waals surface area contributed by atoms with Gasteiger partial charge in [-0.2, -0.15) is 13.2 Å². The Morgan fingerprint density at radius 2 is 1.30 bits per heavy atom. The smallest absolute Gasteiger partial charge is 0.416 e. The number of carboxylic acids is 1. The zero-order chi connectivity index (χ0) is 31.8. The van der Waals surface area contributed by atoms with Crippen LogP contribution in [0.15, 0.2) is 91.1 Å². The van der Waals surface area contributed by atoms with Crippen molar-refractivity contribution in [1.82, 2.24) is 5.32 Å². The Bertz CT molecular complexity index is 1180. The molecule has 0 unspecified atom stereocenters. The molecule has 0 heterocycles. The Hall–Kier alpha value is -4.14. The monoisotopic (exact) mass is 601 g/mol. The van der Waals surface area contributed by atoms with Crippen molar-refractivity contribution in [3.63, 3.8) is 0 Å². The number of amides is 1. The van der Waals surface area contributed by atoms with Gasteiger partial charge in [-0.25, -0.2) is 4.79 Å². The maximum Gasteiger partial charge on any atom is 0.416 e. The molecule has 1 aromatic carbocycles. The van der Waals surface area contributed by atoms with E-state index in [0.717, 1.165) is 44.6 Å². The number of carbonyl (C=O) groups is 3. The largest absolute Gasteiger partial charge is 0.478 e. The van der Waals surface area contributed by atoms with Crippen molar-refractivity contribution in [2.45, 2.75) is 77.3 Å². The summed E-state index contributed by atoms with van der Waals surface area (Å²) < 4.78 is 43.6. The zero-order valence-electron chi connectivity index (χ0n) is 24.7. The van der Waals surface area contributed by atoms with Crippen LogP contribution < -0.4 is 10.1 Å².